The number of carbonyl (C=O) groups excluding carboxylic acids is 2. The zero-order valence-electron chi connectivity index (χ0n) is 18.5. The van der Waals surface area contributed by atoms with Crippen LogP contribution in [0.25, 0.3) is 0 Å². The van der Waals surface area contributed by atoms with Gasteiger partial charge in [0, 0.05) is 30.3 Å². The van der Waals surface area contributed by atoms with Crippen LogP contribution in [0.1, 0.15) is 28.4 Å². The zero-order valence-corrected chi connectivity index (χ0v) is 18.5. The molecule has 3 aromatic rings. The van der Waals surface area contributed by atoms with E-state index in [2.05, 4.69) is 15.8 Å². The third kappa shape index (κ3) is 6.63. The van der Waals surface area contributed by atoms with Crippen molar-refractivity contribution in [1.82, 2.24) is 5.43 Å². The Bertz CT molecular complexity index is 1210. The first-order valence-electron chi connectivity index (χ1n) is 10.1. The molecule has 0 fully saturated rings. The average Bonchev–Trinajstić information content (AvgIpc) is 2.83. The maximum Gasteiger partial charge on any atom is 0.271 e. The second-order valence-corrected chi connectivity index (χ2v) is 7.08. The Morgan fingerprint density at radius 3 is 2.35 bits per heavy atom. The van der Waals surface area contributed by atoms with Crippen molar-refractivity contribution >= 4 is 29.4 Å². The number of nitro benzene ring substituents is 1. The Kier molecular flexibility index (Phi) is 7.90. The van der Waals surface area contributed by atoms with Gasteiger partial charge in [-0.1, -0.05) is 0 Å². The van der Waals surface area contributed by atoms with Gasteiger partial charge in [-0.2, -0.15) is 5.10 Å². The summed E-state index contributed by atoms with van der Waals surface area (Å²) < 4.78 is 11.1. The van der Waals surface area contributed by atoms with Gasteiger partial charge in [-0.3, -0.25) is 19.7 Å². The van der Waals surface area contributed by atoms with E-state index in [1.54, 1.807) is 54.6 Å². The monoisotopic (exact) mass is 462 g/mol. The van der Waals surface area contributed by atoms with Crippen molar-refractivity contribution in [3.05, 3.63) is 93.5 Å². The molecule has 0 radical (unpaired) electrons. The highest BCUT2D eigenvalue weighted by Gasteiger charge is 2.08. The lowest BCUT2D eigenvalue weighted by molar-refractivity contribution is -0.384. The fourth-order valence-electron chi connectivity index (χ4n) is 2.90. The first-order valence-corrected chi connectivity index (χ1v) is 10.1. The van der Waals surface area contributed by atoms with Crippen molar-refractivity contribution in [2.75, 3.05) is 12.4 Å². The van der Waals surface area contributed by atoms with Crippen LogP contribution in [-0.4, -0.2) is 30.1 Å². The molecule has 0 atom stereocenters. The summed E-state index contributed by atoms with van der Waals surface area (Å²) in [6.07, 6.45) is 1.46. The molecule has 0 saturated heterocycles. The molecule has 174 valence electrons. The predicted octanol–water partition coefficient (Wildman–Crippen LogP) is 3.90. The normalized spacial score (nSPS) is 10.5. The Morgan fingerprint density at radius 1 is 1.03 bits per heavy atom. The van der Waals surface area contributed by atoms with Crippen LogP contribution >= 0.6 is 0 Å². The van der Waals surface area contributed by atoms with Gasteiger partial charge in [0.1, 0.15) is 6.61 Å². The van der Waals surface area contributed by atoms with E-state index in [1.807, 2.05) is 0 Å². The van der Waals surface area contributed by atoms with Crippen LogP contribution in [0.4, 0.5) is 11.4 Å². The number of hydrogen-bond acceptors (Lipinski definition) is 7. The van der Waals surface area contributed by atoms with Gasteiger partial charge in [0.05, 0.1) is 18.2 Å². The number of rotatable bonds is 9. The molecule has 0 unspecified atom stereocenters. The van der Waals surface area contributed by atoms with E-state index < -0.39 is 10.8 Å². The highest BCUT2D eigenvalue weighted by atomic mass is 16.6. The second-order valence-electron chi connectivity index (χ2n) is 7.08. The molecule has 34 heavy (non-hydrogen) atoms. The highest BCUT2D eigenvalue weighted by molar-refractivity contribution is 5.96. The van der Waals surface area contributed by atoms with Gasteiger partial charge in [-0.25, -0.2) is 5.43 Å². The maximum atomic E-state index is 12.2. The first-order chi connectivity index (χ1) is 16.4. The van der Waals surface area contributed by atoms with Crippen molar-refractivity contribution in [3.8, 4) is 11.5 Å². The van der Waals surface area contributed by atoms with Crippen molar-refractivity contribution in [2.24, 2.45) is 5.10 Å². The van der Waals surface area contributed by atoms with E-state index in [0.29, 0.717) is 28.3 Å². The number of benzene rings is 3. The number of hydrogen-bond donors (Lipinski definition) is 2. The van der Waals surface area contributed by atoms with Gasteiger partial charge in [0.2, 0.25) is 5.91 Å². The number of nitrogens with zero attached hydrogens (tertiary/aromatic N) is 2. The number of hydrazone groups is 1. The minimum Gasteiger partial charge on any atom is -0.493 e. The van der Waals surface area contributed by atoms with Gasteiger partial charge in [0.15, 0.2) is 11.5 Å². The number of ether oxygens (including phenoxy) is 2. The molecule has 10 heteroatoms. The number of methoxy groups -OCH3 is 1. The highest BCUT2D eigenvalue weighted by Crippen LogP contribution is 2.28. The third-order valence-electron chi connectivity index (χ3n) is 4.58. The summed E-state index contributed by atoms with van der Waals surface area (Å²) in [6, 6.07) is 17.6. The van der Waals surface area contributed by atoms with Gasteiger partial charge in [-0.05, 0) is 65.7 Å². The summed E-state index contributed by atoms with van der Waals surface area (Å²) in [4.78, 5) is 33.6. The summed E-state index contributed by atoms with van der Waals surface area (Å²) in [5.41, 5.74) is 4.87. The standard InChI is InChI=1S/C24H22N4O6/c1-16(29)26-20-8-6-19(7-9-20)24(30)27-25-14-18-5-12-22(23(13-18)33-2)34-15-17-3-10-21(11-4-17)28(31)32/h3-14H,15H2,1-2H3,(H,26,29)(H,27,30). The number of nitro groups is 1. The molecule has 3 rings (SSSR count). The topological polar surface area (TPSA) is 132 Å². The predicted molar refractivity (Wildman–Crippen MR) is 126 cm³/mol. The molecule has 0 aliphatic carbocycles. The molecule has 0 bridgehead atoms. The fraction of sp³-hybridized carbons (Fsp3) is 0.125. The van der Waals surface area contributed by atoms with Crippen molar-refractivity contribution < 1.29 is 24.0 Å². The van der Waals surface area contributed by atoms with Gasteiger partial charge >= 0.3 is 0 Å². The molecule has 2 N–H and O–H groups in total. The maximum absolute atomic E-state index is 12.2. The van der Waals surface area contributed by atoms with E-state index in [4.69, 9.17) is 9.47 Å². The number of nitrogens with one attached hydrogen (secondary N) is 2. The first kappa shape index (κ1) is 23.9. The molecular formula is C24H22N4O6. The molecule has 2 amide bonds. The lowest BCUT2D eigenvalue weighted by Crippen LogP contribution is -2.17. The molecule has 0 saturated carbocycles. The largest absolute Gasteiger partial charge is 0.493 e. The lowest BCUT2D eigenvalue weighted by atomic mass is 10.2. The van der Waals surface area contributed by atoms with E-state index >= 15 is 0 Å². The zero-order chi connectivity index (χ0) is 24.5. The van der Waals surface area contributed by atoms with Crippen LogP contribution < -0.4 is 20.2 Å². The van der Waals surface area contributed by atoms with E-state index in [-0.39, 0.29) is 18.2 Å². The van der Waals surface area contributed by atoms with E-state index in [1.165, 1.54) is 32.4 Å². The summed E-state index contributed by atoms with van der Waals surface area (Å²) in [6.45, 7) is 1.61. The smallest absolute Gasteiger partial charge is 0.271 e. The molecule has 10 nitrogen and oxygen atoms in total. The van der Waals surface area contributed by atoms with Crippen LogP contribution in [-0.2, 0) is 11.4 Å². The van der Waals surface area contributed by atoms with Crippen LogP contribution in [0, 0.1) is 10.1 Å². The van der Waals surface area contributed by atoms with Gasteiger partial charge in [0.25, 0.3) is 11.6 Å². The lowest BCUT2D eigenvalue weighted by Gasteiger charge is -2.11. The van der Waals surface area contributed by atoms with Gasteiger partial charge in [-0.15, -0.1) is 0 Å². The molecule has 0 spiro atoms. The SMILES string of the molecule is COc1cc(C=NNC(=O)c2ccc(NC(C)=O)cc2)ccc1OCc1ccc([N+](=O)[O-])cc1. The van der Waals surface area contributed by atoms with Crippen LogP contribution in [0.2, 0.25) is 0 Å². The van der Waals surface area contributed by atoms with Crippen molar-refractivity contribution in [3.63, 3.8) is 0 Å². The van der Waals surface area contributed by atoms with Crippen LogP contribution in [0.3, 0.4) is 0 Å². The Hall–Kier alpha value is -4.73. The minimum absolute atomic E-state index is 0.0130. The molecule has 0 aromatic heterocycles. The number of carbonyl (C=O) groups is 2. The average molecular weight is 462 g/mol. The molecule has 3 aromatic carbocycles. The summed E-state index contributed by atoms with van der Waals surface area (Å²) in [5.74, 6) is 0.354. The molecular weight excluding hydrogens is 440 g/mol. The van der Waals surface area contributed by atoms with E-state index in [9.17, 15) is 19.7 Å². The van der Waals surface area contributed by atoms with Gasteiger partial charge < -0.3 is 14.8 Å². The number of amides is 2. The Balaban J connectivity index is 1.58. The number of anilines is 1. The van der Waals surface area contributed by atoms with Crippen molar-refractivity contribution in [1.29, 1.82) is 0 Å². The fourth-order valence-corrected chi connectivity index (χ4v) is 2.90. The number of non-ortho nitro benzene ring substituents is 1. The second kappa shape index (κ2) is 11.2. The Morgan fingerprint density at radius 2 is 1.74 bits per heavy atom. The molecule has 0 heterocycles. The van der Waals surface area contributed by atoms with Crippen LogP contribution in [0.15, 0.2) is 71.8 Å². The summed E-state index contributed by atoms with van der Waals surface area (Å²) >= 11 is 0. The third-order valence-corrected chi connectivity index (χ3v) is 4.58. The molecule has 0 aliphatic rings. The van der Waals surface area contributed by atoms with Crippen molar-refractivity contribution in [2.45, 2.75) is 13.5 Å². The quantitative estimate of drug-likeness (QED) is 0.282. The molecule has 0 aliphatic heterocycles. The summed E-state index contributed by atoms with van der Waals surface area (Å²) in [5, 5.41) is 17.3. The minimum atomic E-state index is -0.458. The summed E-state index contributed by atoms with van der Waals surface area (Å²) in [7, 11) is 1.50. The van der Waals surface area contributed by atoms with Crippen LogP contribution in [0.5, 0.6) is 11.5 Å². The Labute approximate surface area is 195 Å². The van der Waals surface area contributed by atoms with E-state index in [0.717, 1.165) is 5.56 Å².